The maximum Gasteiger partial charge on any atom is 0.278 e. The number of thioether (sulfide) groups is 1. The molecule has 0 aliphatic rings. The van der Waals surface area contributed by atoms with Gasteiger partial charge in [-0.2, -0.15) is 0 Å². The third kappa shape index (κ3) is 7.96. The SMILES string of the molecule is CSC(=O)NCCNC(=S)S. The minimum Gasteiger partial charge on any atom is -0.369 e. The Morgan fingerprint density at radius 3 is 2.55 bits per heavy atom. The average molecular weight is 210 g/mol. The number of thiol groups is 1. The van der Waals surface area contributed by atoms with Crippen molar-refractivity contribution in [3.8, 4) is 0 Å². The van der Waals surface area contributed by atoms with Crippen LogP contribution in [0.25, 0.3) is 0 Å². The first kappa shape index (κ1) is 11.1. The second-order valence-electron chi connectivity index (χ2n) is 1.65. The summed E-state index contributed by atoms with van der Waals surface area (Å²) in [5.41, 5.74) is 0. The van der Waals surface area contributed by atoms with E-state index in [0.29, 0.717) is 17.4 Å². The third-order valence-corrected chi connectivity index (χ3v) is 1.67. The Labute approximate surface area is 81.1 Å². The highest BCUT2D eigenvalue weighted by Gasteiger charge is 1.94. The van der Waals surface area contributed by atoms with Crippen molar-refractivity contribution in [2.24, 2.45) is 0 Å². The minimum absolute atomic E-state index is 0.0307. The van der Waals surface area contributed by atoms with Crippen molar-refractivity contribution in [3.05, 3.63) is 0 Å². The second kappa shape index (κ2) is 6.75. The number of rotatable bonds is 3. The zero-order valence-corrected chi connectivity index (χ0v) is 8.61. The molecular weight excluding hydrogens is 200 g/mol. The zero-order chi connectivity index (χ0) is 8.69. The minimum atomic E-state index is -0.0307. The smallest absolute Gasteiger partial charge is 0.278 e. The van der Waals surface area contributed by atoms with Gasteiger partial charge in [0.15, 0.2) is 0 Å². The van der Waals surface area contributed by atoms with Gasteiger partial charge in [-0.05, 0) is 6.26 Å². The quantitative estimate of drug-likeness (QED) is 0.367. The summed E-state index contributed by atoms with van der Waals surface area (Å²) in [5.74, 6) is 0. The molecule has 0 saturated carbocycles. The lowest BCUT2D eigenvalue weighted by Gasteiger charge is -2.03. The van der Waals surface area contributed by atoms with Crippen LogP contribution >= 0.6 is 36.6 Å². The highest BCUT2D eigenvalue weighted by atomic mass is 32.2. The topological polar surface area (TPSA) is 41.1 Å². The number of carbonyl (C=O) groups excluding carboxylic acids is 1. The molecule has 0 heterocycles. The summed E-state index contributed by atoms with van der Waals surface area (Å²) in [6.45, 7) is 1.19. The van der Waals surface area contributed by atoms with Gasteiger partial charge in [-0.1, -0.05) is 24.0 Å². The highest BCUT2D eigenvalue weighted by Crippen LogP contribution is 1.90. The largest absolute Gasteiger partial charge is 0.369 e. The van der Waals surface area contributed by atoms with Gasteiger partial charge in [-0.25, -0.2) is 0 Å². The molecule has 0 aromatic heterocycles. The maximum absolute atomic E-state index is 10.6. The molecule has 0 unspecified atom stereocenters. The fraction of sp³-hybridized carbons (Fsp3) is 0.600. The van der Waals surface area contributed by atoms with Crippen LogP contribution in [0.1, 0.15) is 0 Å². The average Bonchev–Trinajstić information content (AvgIpc) is 1.97. The van der Waals surface area contributed by atoms with Crippen molar-refractivity contribution in [2.45, 2.75) is 0 Å². The zero-order valence-electron chi connectivity index (χ0n) is 6.09. The molecule has 64 valence electrons. The third-order valence-electron chi connectivity index (χ3n) is 0.856. The van der Waals surface area contributed by atoms with E-state index in [4.69, 9.17) is 0 Å². The van der Waals surface area contributed by atoms with Gasteiger partial charge >= 0.3 is 0 Å². The van der Waals surface area contributed by atoms with Crippen LogP contribution in [0.5, 0.6) is 0 Å². The van der Waals surface area contributed by atoms with Crippen molar-refractivity contribution >= 4 is 46.2 Å². The van der Waals surface area contributed by atoms with Crippen molar-refractivity contribution in [1.29, 1.82) is 0 Å². The molecule has 6 heteroatoms. The summed E-state index contributed by atoms with van der Waals surface area (Å²) in [7, 11) is 0. The van der Waals surface area contributed by atoms with E-state index in [9.17, 15) is 4.79 Å². The van der Waals surface area contributed by atoms with Crippen LogP contribution in [0.3, 0.4) is 0 Å². The van der Waals surface area contributed by atoms with Crippen molar-refractivity contribution in [2.75, 3.05) is 19.3 Å². The molecule has 0 aromatic carbocycles. The van der Waals surface area contributed by atoms with Gasteiger partial charge in [0.05, 0.1) is 0 Å². The van der Waals surface area contributed by atoms with Gasteiger partial charge in [0.25, 0.3) is 5.24 Å². The number of amides is 1. The van der Waals surface area contributed by atoms with E-state index in [1.54, 1.807) is 6.26 Å². The first-order chi connectivity index (χ1) is 5.16. The molecule has 2 N–H and O–H groups in total. The van der Waals surface area contributed by atoms with Crippen LogP contribution in [-0.2, 0) is 0 Å². The summed E-state index contributed by atoms with van der Waals surface area (Å²) in [4.78, 5) is 10.6. The monoisotopic (exact) mass is 210 g/mol. The summed E-state index contributed by atoms with van der Waals surface area (Å²) >= 11 is 9.64. The molecule has 0 rings (SSSR count). The van der Waals surface area contributed by atoms with E-state index in [1.807, 2.05) is 0 Å². The first-order valence-corrected chi connectivity index (χ1v) is 5.03. The molecule has 0 fully saturated rings. The number of nitrogens with one attached hydrogen (secondary N) is 2. The number of hydrogen-bond acceptors (Lipinski definition) is 3. The molecule has 0 saturated heterocycles. The van der Waals surface area contributed by atoms with Crippen LogP contribution in [-0.4, -0.2) is 28.9 Å². The number of thiocarbonyl (C=S) groups is 1. The van der Waals surface area contributed by atoms with Gasteiger partial charge in [-0.15, -0.1) is 12.6 Å². The van der Waals surface area contributed by atoms with E-state index in [0.717, 1.165) is 11.8 Å². The van der Waals surface area contributed by atoms with Crippen molar-refractivity contribution < 1.29 is 4.79 Å². The fourth-order valence-electron chi connectivity index (χ4n) is 0.406. The van der Waals surface area contributed by atoms with Crippen LogP contribution in [0.15, 0.2) is 0 Å². The Balaban J connectivity index is 3.14. The molecule has 1 amide bonds. The van der Waals surface area contributed by atoms with Gasteiger partial charge < -0.3 is 10.6 Å². The molecule has 0 radical (unpaired) electrons. The highest BCUT2D eigenvalue weighted by molar-refractivity contribution is 8.13. The Bertz CT molecular complexity index is 151. The molecule has 0 aromatic rings. The van der Waals surface area contributed by atoms with Gasteiger partial charge in [-0.3, -0.25) is 4.79 Å². The molecule has 0 aliphatic carbocycles. The van der Waals surface area contributed by atoms with Crippen LogP contribution < -0.4 is 10.6 Å². The number of hydrogen-bond donors (Lipinski definition) is 3. The first-order valence-electron chi connectivity index (χ1n) is 2.95. The van der Waals surface area contributed by atoms with Gasteiger partial charge in [0, 0.05) is 13.1 Å². The van der Waals surface area contributed by atoms with Gasteiger partial charge in [0.2, 0.25) is 0 Å². The Hall–Kier alpha value is 0.0600. The number of carbonyl (C=O) groups is 1. The Morgan fingerprint density at radius 2 is 2.09 bits per heavy atom. The summed E-state index contributed by atoms with van der Waals surface area (Å²) in [6.07, 6.45) is 1.73. The van der Waals surface area contributed by atoms with E-state index < -0.39 is 0 Å². The van der Waals surface area contributed by atoms with Crippen LogP contribution in [0, 0.1) is 0 Å². The predicted molar refractivity (Wildman–Crippen MR) is 56.5 cm³/mol. The van der Waals surface area contributed by atoms with Gasteiger partial charge in [0.1, 0.15) is 4.32 Å². The standard InChI is InChI=1S/C5H10N2OS3/c1-11-4(8)6-2-3-7-5(9)10/h2-3H2,1H3,(H,6,8)(H2,7,9,10). The molecule has 0 atom stereocenters. The van der Waals surface area contributed by atoms with E-state index in [2.05, 4.69) is 35.5 Å². The summed E-state index contributed by atoms with van der Waals surface area (Å²) < 4.78 is 0.448. The Kier molecular flexibility index (Phi) is 6.79. The molecule has 0 aliphatic heterocycles. The van der Waals surface area contributed by atoms with E-state index in [1.165, 1.54) is 0 Å². The van der Waals surface area contributed by atoms with Crippen molar-refractivity contribution in [1.82, 2.24) is 10.6 Å². The molecule has 3 nitrogen and oxygen atoms in total. The van der Waals surface area contributed by atoms with E-state index in [-0.39, 0.29) is 5.24 Å². The van der Waals surface area contributed by atoms with Crippen LogP contribution in [0.4, 0.5) is 4.79 Å². The lowest BCUT2D eigenvalue weighted by atomic mass is 10.6. The molecule has 0 bridgehead atoms. The molecular formula is C5H10N2OS3. The molecule has 11 heavy (non-hydrogen) atoms. The maximum atomic E-state index is 10.6. The lowest BCUT2D eigenvalue weighted by molar-refractivity contribution is 0.261. The summed E-state index contributed by atoms with van der Waals surface area (Å²) in [6, 6.07) is 0. The summed E-state index contributed by atoms with van der Waals surface area (Å²) in [5, 5.41) is 5.42. The molecule has 0 spiro atoms. The lowest BCUT2D eigenvalue weighted by Crippen LogP contribution is -2.30. The Morgan fingerprint density at radius 1 is 1.55 bits per heavy atom. The van der Waals surface area contributed by atoms with Crippen LogP contribution in [0.2, 0.25) is 0 Å². The van der Waals surface area contributed by atoms with E-state index >= 15 is 0 Å². The predicted octanol–water partition coefficient (Wildman–Crippen LogP) is 0.863. The van der Waals surface area contributed by atoms with Crippen molar-refractivity contribution in [3.63, 3.8) is 0 Å². The second-order valence-corrected chi connectivity index (χ2v) is 3.59. The fourth-order valence-corrected chi connectivity index (χ4v) is 0.866. The normalized spacial score (nSPS) is 8.91.